The first kappa shape index (κ1) is 23.1. The predicted molar refractivity (Wildman–Crippen MR) is 116 cm³/mol. The highest BCUT2D eigenvalue weighted by Gasteiger charge is 2.28. The normalized spacial score (nSPS) is 12.0. The quantitative estimate of drug-likeness (QED) is 0.407. The van der Waals surface area contributed by atoms with Crippen LogP contribution < -0.4 is 15.4 Å². The SMILES string of the molecule is CCNC(=NCc1ccnc(-n2cccn2)c1)NCc1ccc(C)cc1OCC(F)(F)F. The molecule has 2 N–H and O–H groups in total. The lowest BCUT2D eigenvalue weighted by Gasteiger charge is -2.16. The highest BCUT2D eigenvalue weighted by atomic mass is 19.4. The van der Waals surface area contributed by atoms with E-state index in [-0.39, 0.29) is 12.3 Å². The van der Waals surface area contributed by atoms with E-state index in [4.69, 9.17) is 4.74 Å². The number of hydrogen-bond acceptors (Lipinski definition) is 4. The van der Waals surface area contributed by atoms with Crippen molar-refractivity contribution in [3.05, 3.63) is 71.7 Å². The van der Waals surface area contributed by atoms with Crippen LogP contribution in [-0.2, 0) is 13.1 Å². The van der Waals surface area contributed by atoms with Gasteiger partial charge in [-0.05, 0) is 49.2 Å². The molecule has 0 fully saturated rings. The van der Waals surface area contributed by atoms with E-state index in [1.165, 1.54) is 0 Å². The lowest BCUT2D eigenvalue weighted by Crippen LogP contribution is -2.37. The fourth-order valence-electron chi connectivity index (χ4n) is 2.88. The average molecular weight is 446 g/mol. The molecule has 32 heavy (non-hydrogen) atoms. The number of ether oxygens (including phenoxy) is 1. The number of rotatable bonds is 8. The molecule has 0 aliphatic heterocycles. The van der Waals surface area contributed by atoms with E-state index in [2.05, 4.69) is 25.7 Å². The lowest BCUT2D eigenvalue weighted by molar-refractivity contribution is -0.153. The molecule has 3 rings (SSSR count). The summed E-state index contributed by atoms with van der Waals surface area (Å²) in [4.78, 5) is 8.87. The molecule has 0 atom stereocenters. The summed E-state index contributed by atoms with van der Waals surface area (Å²) in [7, 11) is 0. The molecular weight excluding hydrogens is 421 g/mol. The van der Waals surface area contributed by atoms with Crippen LogP contribution in [0.4, 0.5) is 13.2 Å². The second kappa shape index (κ2) is 10.7. The molecule has 0 unspecified atom stereocenters. The van der Waals surface area contributed by atoms with Crippen LogP contribution in [0, 0.1) is 6.92 Å². The molecule has 0 aliphatic carbocycles. The van der Waals surface area contributed by atoms with Crippen molar-refractivity contribution in [2.75, 3.05) is 13.2 Å². The van der Waals surface area contributed by atoms with Crippen molar-refractivity contribution < 1.29 is 17.9 Å². The molecule has 3 aromatic rings. The Kier molecular flexibility index (Phi) is 7.69. The number of guanidine groups is 1. The lowest BCUT2D eigenvalue weighted by atomic mass is 10.1. The van der Waals surface area contributed by atoms with Crippen molar-refractivity contribution in [3.63, 3.8) is 0 Å². The highest BCUT2D eigenvalue weighted by Crippen LogP contribution is 2.23. The van der Waals surface area contributed by atoms with Gasteiger partial charge in [-0.25, -0.2) is 14.7 Å². The first-order chi connectivity index (χ1) is 15.3. The van der Waals surface area contributed by atoms with Crippen LogP contribution in [0.15, 0.2) is 60.0 Å². The molecule has 0 saturated carbocycles. The summed E-state index contributed by atoms with van der Waals surface area (Å²) in [6.45, 7) is 3.68. The third kappa shape index (κ3) is 7.00. The maximum Gasteiger partial charge on any atom is 0.422 e. The van der Waals surface area contributed by atoms with E-state index >= 15 is 0 Å². The second-order valence-electron chi connectivity index (χ2n) is 7.04. The maximum absolute atomic E-state index is 12.6. The van der Waals surface area contributed by atoms with E-state index in [1.54, 1.807) is 42.3 Å². The van der Waals surface area contributed by atoms with Gasteiger partial charge in [0.25, 0.3) is 0 Å². The van der Waals surface area contributed by atoms with Gasteiger partial charge in [-0.15, -0.1) is 0 Å². The number of halogens is 3. The molecule has 0 radical (unpaired) electrons. The molecule has 170 valence electrons. The summed E-state index contributed by atoms with van der Waals surface area (Å²) < 4.78 is 44.4. The van der Waals surface area contributed by atoms with Crippen LogP contribution in [-0.4, -0.2) is 40.1 Å². The van der Waals surface area contributed by atoms with Gasteiger partial charge < -0.3 is 15.4 Å². The number of aryl methyl sites for hydroxylation is 1. The van der Waals surface area contributed by atoms with Gasteiger partial charge in [0.1, 0.15) is 5.75 Å². The van der Waals surface area contributed by atoms with Gasteiger partial charge in [-0.2, -0.15) is 18.3 Å². The number of alkyl halides is 3. The number of aliphatic imine (C=N–C) groups is 1. The van der Waals surface area contributed by atoms with Gasteiger partial charge in [0.2, 0.25) is 0 Å². The van der Waals surface area contributed by atoms with Crippen LogP contribution in [0.3, 0.4) is 0 Å². The predicted octanol–water partition coefficient (Wildman–Crippen LogP) is 3.77. The van der Waals surface area contributed by atoms with Gasteiger partial charge in [0.05, 0.1) is 6.54 Å². The average Bonchev–Trinajstić information content (AvgIpc) is 3.30. The molecule has 0 aliphatic rings. The summed E-state index contributed by atoms with van der Waals surface area (Å²) in [5, 5.41) is 10.5. The summed E-state index contributed by atoms with van der Waals surface area (Å²) >= 11 is 0. The smallest absolute Gasteiger partial charge is 0.422 e. The molecule has 10 heteroatoms. The van der Waals surface area contributed by atoms with Crippen LogP contribution in [0.5, 0.6) is 5.75 Å². The minimum atomic E-state index is -4.40. The van der Waals surface area contributed by atoms with Crippen molar-refractivity contribution >= 4 is 5.96 Å². The van der Waals surface area contributed by atoms with E-state index in [0.29, 0.717) is 30.4 Å². The fraction of sp³-hybridized carbons (Fsp3) is 0.318. The van der Waals surface area contributed by atoms with Crippen LogP contribution in [0.25, 0.3) is 5.82 Å². The Morgan fingerprint density at radius 3 is 2.72 bits per heavy atom. The largest absolute Gasteiger partial charge is 0.484 e. The van der Waals surface area contributed by atoms with Crippen molar-refractivity contribution in [1.29, 1.82) is 0 Å². The number of nitrogens with zero attached hydrogens (tertiary/aromatic N) is 4. The second-order valence-corrected chi connectivity index (χ2v) is 7.04. The van der Waals surface area contributed by atoms with Crippen molar-refractivity contribution in [1.82, 2.24) is 25.4 Å². The molecule has 0 saturated heterocycles. The number of nitrogens with one attached hydrogen (secondary N) is 2. The zero-order valence-electron chi connectivity index (χ0n) is 17.9. The number of benzene rings is 1. The minimum Gasteiger partial charge on any atom is -0.484 e. The van der Waals surface area contributed by atoms with Gasteiger partial charge in [0.15, 0.2) is 18.4 Å². The molecular formula is C22H25F3N6O. The molecule has 2 heterocycles. The number of aromatic nitrogens is 3. The number of pyridine rings is 1. The topological polar surface area (TPSA) is 76.4 Å². The molecule has 0 bridgehead atoms. The van der Waals surface area contributed by atoms with Gasteiger partial charge >= 0.3 is 6.18 Å². The Labute approximate surface area is 184 Å². The Morgan fingerprint density at radius 1 is 1.16 bits per heavy atom. The zero-order valence-corrected chi connectivity index (χ0v) is 17.9. The molecule has 0 spiro atoms. The van der Waals surface area contributed by atoms with Crippen molar-refractivity contribution in [2.24, 2.45) is 4.99 Å². The van der Waals surface area contributed by atoms with Crippen LogP contribution >= 0.6 is 0 Å². The standard InChI is InChI=1S/C22H25F3N6O/c1-3-26-21(28-13-17-7-9-27-20(12-17)31-10-4-8-30-31)29-14-18-6-5-16(2)11-19(18)32-15-22(23,24)25/h4-12H,3,13-15H2,1-2H3,(H2,26,28,29). The van der Waals surface area contributed by atoms with E-state index in [1.807, 2.05) is 31.2 Å². The summed E-state index contributed by atoms with van der Waals surface area (Å²) in [5.41, 5.74) is 2.36. The summed E-state index contributed by atoms with van der Waals surface area (Å²) in [6.07, 6.45) is 0.779. The summed E-state index contributed by atoms with van der Waals surface area (Å²) in [5.74, 6) is 1.42. The van der Waals surface area contributed by atoms with E-state index in [9.17, 15) is 13.2 Å². The molecule has 1 aromatic carbocycles. The zero-order chi connectivity index (χ0) is 23.0. The number of hydrogen-bond donors (Lipinski definition) is 2. The summed E-state index contributed by atoms with van der Waals surface area (Å²) in [6, 6.07) is 10.7. The third-order valence-corrected chi connectivity index (χ3v) is 4.37. The Bertz CT molecular complexity index is 1030. The Morgan fingerprint density at radius 2 is 2.00 bits per heavy atom. The van der Waals surface area contributed by atoms with Gasteiger partial charge in [-0.3, -0.25) is 0 Å². The van der Waals surface area contributed by atoms with E-state index in [0.717, 1.165) is 11.1 Å². The first-order valence-corrected chi connectivity index (χ1v) is 10.1. The molecule has 0 amide bonds. The van der Waals surface area contributed by atoms with Gasteiger partial charge in [-0.1, -0.05) is 12.1 Å². The molecule has 7 nitrogen and oxygen atoms in total. The Hall–Kier alpha value is -3.56. The monoisotopic (exact) mass is 446 g/mol. The van der Waals surface area contributed by atoms with Crippen LogP contribution in [0.1, 0.15) is 23.6 Å². The maximum atomic E-state index is 12.6. The third-order valence-electron chi connectivity index (χ3n) is 4.37. The molecule has 2 aromatic heterocycles. The van der Waals surface area contributed by atoms with Gasteiger partial charge in [0, 0.05) is 37.2 Å². The highest BCUT2D eigenvalue weighted by molar-refractivity contribution is 5.79. The first-order valence-electron chi connectivity index (χ1n) is 10.1. The minimum absolute atomic E-state index is 0.198. The van der Waals surface area contributed by atoms with Crippen LogP contribution in [0.2, 0.25) is 0 Å². The van der Waals surface area contributed by atoms with Crippen molar-refractivity contribution in [3.8, 4) is 11.6 Å². The fourth-order valence-corrected chi connectivity index (χ4v) is 2.88. The van der Waals surface area contributed by atoms with E-state index < -0.39 is 12.8 Å². The Balaban J connectivity index is 1.68. The van der Waals surface area contributed by atoms with Crippen molar-refractivity contribution in [2.45, 2.75) is 33.1 Å².